The molecule has 96 heavy (non-hydrogen) atoms. The molecule has 2 unspecified atom stereocenters. The van der Waals surface area contributed by atoms with Crippen LogP contribution in [0.1, 0.15) is 150 Å². The van der Waals surface area contributed by atoms with E-state index in [1.165, 1.54) is 48.5 Å². The summed E-state index contributed by atoms with van der Waals surface area (Å²) < 4.78 is 438. The standard InChI is InChI=1S/2C37H40F4N4O2S/c2*1-4-43(5-2)18-19-44(22-26-6-10-28(11-7-26)29-12-14-30(15-13-29)37(39,40)41)34(46)23-45-33-21-25(3)20-32(33)35(47)42-36(45)48-24-27-8-16-31(38)17-9-27/h2*6-17,25H,4-5,18-24H2,1-3H3/i2*4D2,5D2,8D,9D,16D,17D,18D2,19D2,20D2,21D2,23D2,25D. The quantitative estimate of drug-likeness (QED) is 0.0295. The number of hydrogen-bond acceptors (Lipinski definition) is 10. The lowest BCUT2D eigenvalue weighted by atomic mass is 10.0. The second kappa shape index (κ2) is 32.9. The van der Waals surface area contributed by atoms with Gasteiger partial charge in [0.05, 0.1) is 33.1 Å². The molecule has 0 radical (unpaired) electrons. The van der Waals surface area contributed by atoms with E-state index in [4.69, 9.17) is 41.1 Å². The molecular weight excluding hydrogens is 1280 g/mol. The Balaban J connectivity index is 0.000000301. The van der Waals surface area contributed by atoms with Gasteiger partial charge in [-0.25, -0.2) is 8.78 Å². The van der Waals surface area contributed by atoms with Crippen molar-refractivity contribution in [3.63, 3.8) is 0 Å². The van der Waals surface area contributed by atoms with Gasteiger partial charge in [0.25, 0.3) is 11.1 Å². The van der Waals surface area contributed by atoms with Gasteiger partial charge in [0.1, 0.15) is 24.6 Å². The molecule has 2 aliphatic rings. The molecule has 12 nitrogen and oxygen atoms in total. The fourth-order valence-corrected chi connectivity index (χ4v) is 10.4. The van der Waals surface area contributed by atoms with Crippen LogP contribution in [-0.2, 0) is 85.0 Å². The highest BCUT2D eigenvalue weighted by Gasteiger charge is 2.33. The van der Waals surface area contributed by atoms with E-state index < -0.39 is 277 Å². The van der Waals surface area contributed by atoms with Crippen LogP contribution >= 0.6 is 23.5 Å². The lowest BCUT2D eigenvalue weighted by molar-refractivity contribution is -0.138. The minimum absolute atomic E-state index is 0.0106. The Bertz CT molecular complexity index is 5580. The van der Waals surface area contributed by atoms with E-state index in [0.717, 1.165) is 48.5 Å². The molecule has 10 rings (SSSR count). The first kappa shape index (κ1) is 37.2. The SMILES string of the molecule is [2H]c1c([2H])c(CSc2nc(=O)c3c(n2C([2H])([2H])C(=O)N(Cc2ccc(-c4ccc(C(F)(F)F)cc4)cc2)C([2H])([2H])C([2H])([2H])N(C([2H])([2H])C)C([2H])([2H])C)C([2H])([2H])C([2H])(C)C3([2H])[2H])c([2H])c([2H])c1F.[2H]c1c([2H])c(CSc2nc(=O)c3c(n2C([2H])([2H])C(=O)N(Cc2ccc(-c4ccc(C(F)(F)F)cc4)cc2)C([2H])([2H])C([2H])([2H])N(C([2H])([2H])C)C([2H])([2H])C)C([2H])([2H])C([2H])(C)C3([2H])[2H])c([2H])c([2H])c1F. The molecule has 0 saturated carbocycles. The monoisotopic (exact) mass is 1400 g/mol. The average molecular weight is 1400 g/mol. The molecular formula is C74H80F8N8O4S2. The molecule has 2 atom stereocenters. The van der Waals surface area contributed by atoms with E-state index in [1.807, 2.05) is 0 Å². The Morgan fingerprint density at radius 2 is 0.823 bits per heavy atom. The highest BCUT2D eigenvalue weighted by atomic mass is 32.2. The van der Waals surface area contributed by atoms with Crippen molar-refractivity contribution in [3.8, 4) is 22.3 Å². The minimum Gasteiger partial charge on any atom is -0.336 e. The Kier molecular flexibility index (Phi) is 12.7. The number of benzene rings is 6. The van der Waals surface area contributed by atoms with Crippen LogP contribution in [0.2, 0.25) is 0 Å². The fraction of sp³-hybridized carbons (Fsp3) is 0.378. The number of alkyl halides is 6. The normalized spacial score (nSPS) is 25.3. The molecule has 22 heteroatoms. The summed E-state index contributed by atoms with van der Waals surface area (Å²) in [6.07, 6.45) is -22.9. The summed E-state index contributed by atoms with van der Waals surface area (Å²) in [5, 5.41) is -2.14. The molecule has 8 aromatic rings. The van der Waals surface area contributed by atoms with Crippen molar-refractivity contribution in [2.45, 2.75) is 127 Å². The van der Waals surface area contributed by atoms with E-state index in [-0.39, 0.29) is 85.6 Å². The number of hydrogen-bond donors (Lipinski definition) is 0. The number of likely N-dealkylation sites (N-methyl/N-ethyl adjacent to an activating group) is 2. The second-order valence-corrected chi connectivity index (χ2v) is 21.9. The molecule has 0 aliphatic heterocycles. The Labute approximate surface area is 617 Å². The van der Waals surface area contributed by atoms with Crippen LogP contribution in [0.5, 0.6) is 0 Å². The summed E-state index contributed by atoms with van der Waals surface area (Å²) in [6.45, 7) is -34.8. The minimum atomic E-state index is -4.66. The summed E-state index contributed by atoms with van der Waals surface area (Å²) >= 11 is 0.287. The van der Waals surface area contributed by atoms with Crippen molar-refractivity contribution in [2.24, 2.45) is 11.8 Å². The zero-order valence-electron chi connectivity index (χ0n) is 89.1. The molecule has 0 N–H and O–H groups in total. The predicted molar refractivity (Wildman–Crippen MR) is 362 cm³/mol. The smallest absolute Gasteiger partial charge is 0.336 e. The van der Waals surface area contributed by atoms with Crippen molar-refractivity contribution in [3.05, 3.63) is 234 Å². The van der Waals surface area contributed by atoms with E-state index in [2.05, 4.69) is 9.97 Å². The number of carbonyl (C=O) groups excluding carboxylic acids is 2. The maximum atomic E-state index is 15.2. The number of amides is 2. The van der Waals surface area contributed by atoms with Gasteiger partial charge < -0.3 is 28.7 Å². The molecule has 2 aromatic heterocycles. The van der Waals surface area contributed by atoms with E-state index in [1.54, 1.807) is 0 Å². The highest BCUT2D eigenvalue weighted by Crippen LogP contribution is 2.35. The van der Waals surface area contributed by atoms with Crippen molar-refractivity contribution in [1.29, 1.82) is 0 Å². The van der Waals surface area contributed by atoms with Gasteiger partial charge in [-0.15, -0.1) is 0 Å². The van der Waals surface area contributed by atoms with Crippen LogP contribution in [0, 0.1) is 23.4 Å². The van der Waals surface area contributed by atoms with Gasteiger partial charge in [-0.3, -0.25) is 19.2 Å². The Morgan fingerprint density at radius 3 is 1.12 bits per heavy atom. The summed E-state index contributed by atoms with van der Waals surface area (Å²) in [5.74, 6) is -15.2. The van der Waals surface area contributed by atoms with Crippen molar-refractivity contribution in [2.75, 3.05) is 52.0 Å². The van der Waals surface area contributed by atoms with Gasteiger partial charge >= 0.3 is 12.4 Å². The maximum Gasteiger partial charge on any atom is 0.416 e. The number of halogens is 8. The number of carbonyl (C=O) groups is 2. The lowest BCUT2D eigenvalue weighted by Gasteiger charge is -2.28. The van der Waals surface area contributed by atoms with Gasteiger partial charge in [-0.2, -0.15) is 36.3 Å². The highest BCUT2D eigenvalue weighted by molar-refractivity contribution is 7.98. The average Bonchev–Trinajstić information content (AvgIpc) is 1.52. The molecule has 2 heterocycles. The third kappa shape index (κ3) is 19.2. The van der Waals surface area contributed by atoms with Gasteiger partial charge in [0.2, 0.25) is 11.8 Å². The fourth-order valence-electron chi connectivity index (χ4n) is 8.70. The Hall–Kier alpha value is -7.92. The predicted octanol–water partition coefficient (Wildman–Crippen LogP) is 14.9. The molecule has 2 amide bonds. The van der Waals surface area contributed by atoms with Gasteiger partial charge in [0.15, 0.2) is 10.3 Å². The van der Waals surface area contributed by atoms with Crippen LogP contribution in [0.25, 0.3) is 22.3 Å². The van der Waals surface area contributed by atoms with Crippen LogP contribution < -0.4 is 11.1 Å². The third-order valence-corrected chi connectivity index (χ3v) is 15.3. The Morgan fingerprint density at radius 1 is 0.510 bits per heavy atom. The van der Waals surface area contributed by atoms with E-state index in [9.17, 15) is 55.7 Å². The van der Waals surface area contributed by atoms with Gasteiger partial charge in [0, 0.05) is 103 Å². The van der Waals surface area contributed by atoms with E-state index in [0.29, 0.717) is 41.5 Å². The largest absolute Gasteiger partial charge is 0.416 e. The van der Waals surface area contributed by atoms with Crippen molar-refractivity contribution in [1.82, 2.24) is 38.7 Å². The van der Waals surface area contributed by atoms with Crippen LogP contribution in [0.3, 0.4) is 0 Å². The van der Waals surface area contributed by atoms with Crippen molar-refractivity contribution >= 4 is 35.3 Å². The van der Waals surface area contributed by atoms with Gasteiger partial charge in [-0.05, 0) is 156 Å². The van der Waals surface area contributed by atoms with Crippen LogP contribution in [-0.4, -0.2) is 102 Å². The zero-order valence-corrected chi connectivity index (χ0v) is 52.7. The summed E-state index contributed by atoms with van der Waals surface area (Å²) in [6, 6.07) is 9.30. The first-order chi connectivity index (χ1) is 60.2. The number of thioether (sulfide) groups is 2. The summed E-state index contributed by atoms with van der Waals surface area (Å²) in [4.78, 5) is 64.5. The zero-order chi connectivity index (χ0) is 103. The summed E-state index contributed by atoms with van der Waals surface area (Å²) in [7, 11) is 0. The van der Waals surface area contributed by atoms with Gasteiger partial charge in [-0.1, -0.05) is 162 Å². The molecule has 0 spiro atoms. The number of fused-ring (bicyclic) bond motifs is 2. The molecule has 2 aliphatic carbocycles. The first-order valence-electron chi connectivity index (χ1n) is 47.1. The summed E-state index contributed by atoms with van der Waals surface area (Å²) in [5.41, 5.74) is -10.7. The number of aromatic nitrogens is 4. The first-order valence-corrected chi connectivity index (χ1v) is 30.1. The van der Waals surface area contributed by atoms with E-state index >= 15 is 9.59 Å². The molecule has 0 bridgehead atoms. The second-order valence-electron chi connectivity index (χ2n) is 20.0. The number of rotatable bonds is 26. The third-order valence-electron chi connectivity index (χ3n) is 13.4. The van der Waals surface area contributed by atoms with Crippen LogP contribution in [0.15, 0.2) is 165 Å². The molecule has 0 fully saturated rings. The molecule has 508 valence electrons. The molecule has 6 aromatic carbocycles. The van der Waals surface area contributed by atoms with Crippen LogP contribution in [0.4, 0.5) is 35.1 Å². The lowest BCUT2D eigenvalue weighted by Crippen LogP contribution is -2.40. The maximum absolute atomic E-state index is 15.2. The number of nitrogens with zero attached hydrogens (tertiary/aromatic N) is 8. The van der Waals surface area contributed by atoms with Crippen molar-refractivity contribution < 1.29 is 96.8 Å². The molecule has 0 saturated heterocycles. The topological polar surface area (TPSA) is 117 Å².